The topological polar surface area (TPSA) is 32.0 Å². The minimum atomic E-state index is -0.268. The number of hydrogen-bond acceptors (Lipinski definition) is 2. The molecule has 0 bridgehead atoms. The first kappa shape index (κ1) is 28.8. The van der Waals surface area contributed by atoms with Crippen LogP contribution in [0.4, 0.5) is 17.1 Å². The standard InChI is InChI=1S/C46H33N3/c1-46(2)38-22-9-13-26-43(38)48(33-16-4-3-5-17-33)44-28-27-31(29-39(44)46)45-32(30-47)15-14-21-37(45)36-20-8-12-25-42(36)49-40-23-10-6-18-34(40)35-19-7-11-24-41(35)49/h3-29H,1-2H3. The van der Waals surface area contributed by atoms with Gasteiger partial charge in [-0.15, -0.1) is 0 Å². The fourth-order valence-electron chi connectivity index (χ4n) is 7.97. The van der Waals surface area contributed by atoms with Crippen molar-refractivity contribution in [1.82, 2.24) is 4.57 Å². The Balaban J connectivity index is 1.29. The van der Waals surface area contributed by atoms with Gasteiger partial charge >= 0.3 is 0 Å². The third kappa shape index (κ3) is 4.35. The fraction of sp³-hybridized carbons (Fsp3) is 0.0652. The smallest absolute Gasteiger partial charge is 0.0998 e. The summed E-state index contributed by atoms with van der Waals surface area (Å²) in [6, 6.07) is 60.5. The highest BCUT2D eigenvalue weighted by atomic mass is 15.2. The average Bonchev–Trinajstić information content (AvgIpc) is 3.49. The Bertz CT molecular complexity index is 2550. The third-order valence-electron chi connectivity index (χ3n) is 10.2. The number of anilines is 3. The number of aromatic nitrogens is 1. The lowest BCUT2D eigenvalue weighted by atomic mass is 9.72. The number of benzene rings is 7. The van der Waals surface area contributed by atoms with E-state index in [0.29, 0.717) is 5.56 Å². The minimum Gasteiger partial charge on any atom is -0.310 e. The summed E-state index contributed by atoms with van der Waals surface area (Å²) >= 11 is 0. The second-order valence-electron chi connectivity index (χ2n) is 13.3. The summed E-state index contributed by atoms with van der Waals surface area (Å²) in [5.41, 5.74) is 13.8. The second kappa shape index (κ2) is 11.1. The number of hydrogen-bond donors (Lipinski definition) is 0. The number of nitrogens with zero attached hydrogens (tertiary/aromatic N) is 3. The first-order chi connectivity index (χ1) is 24.1. The van der Waals surface area contributed by atoms with Crippen LogP contribution in [0.3, 0.4) is 0 Å². The molecule has 49 heavy (non-hydrogen) atoms. The Hall–Kier alpha value is -6.37. The van der Waals surface area contributed by atoms with E-state index >= 15 is 0 Å². The molecule has 232 valence electrons. The van der Waals surface area contributed by atoms with Crippen molar-refractivity contribution in [2.24, 2.45) is 0 Å². The zero-order valence-corrected chi connectivity index (χ0v) is 27.4. The molecule has 3 nitrogen and oxygen atoms in total. The van der Waals surface area contributed by atoms with Crippen molar-refractivity contribution in [3.8, 4) is 34.0 Å². The van der Waals surface area contributed by atoms with Gasteiger partial charge in [-0.3, -0.25) is 0 Å². The van der Waals surface area contributed by atoms with Crippen LogP contribution >= 0.6 is 0 Å². The Kier molecular flexibility index (Phi) is 6.54. The van der Waals surface area contributed by atoms with E-state index in [0.717, 1.165) is 50.3 Å². The third-order valence-corrected chi connectivity index (χ3v) is 10.2. The molecule has 0 aliphatic carbocycles. The largest absolute Gasteiger partial charge is 0.310 e. The molecule has 0 spiro atoms. The summed E-state index contributed by atoms with van der Waals surface area (Å²) in [5.74, 6) is 0. The van der Waals surface area contributed by atoms with Crippen molar-refractivity contribution in [3.05, 3.63) is 180 Å². The van der Waals surface area contributed by atoms with Crippen LogP contribution in [-0.2, 0) is 5.41 Å². The Labute approximate surface area is 286 Å². The summed E-state index contributed by atoms with van der Waals surface area (Å²) in [5, 5.41) is 13.0. The van der Waals surface area contributed by atoms with Crippen molar-refractivity contribution in [2.75, 3.05) is 4.90 Å². The molecule has 9 rings (SSSR count). The summed E-state index contributed by atoms with van der Waals surface area (Å²) in [6.45, 7) is 4.62. The van der Waals surface area contributed by atoms with E-state index in [1.54, 1.807) is 0 Å². The van der Waals surface area contributed by atoms with Crippen molar-refractivity contribution in [1.29, 1.82) is 5.26 Å². The molecule has 8 aromatic rings. The van der Waals surface area contributed by atoms with Gasteiger partial charge in [0.05, 0.1) is 39.7 Å². The number of fused-ring (bicyclic) bond motifs is 5. The first-order valence-electron chi connectivity index (χ1n) is 16.8. The molecule has 0 saturated carbocycles. The lowest BCUT2D eigenvalue weighted by Gasteiger charge is -2.42. The summed E-state index contributed by atoms with van der Waals surface area (Å²) < 4.78 is 2.37. The lowest BCUT2D eigenvalue weighted by molar-refractivity contribution is 0.632. The van der Waals surface area contributed by atoms with Crippen LogP contribution in [-0.4, -0.2) is 4.57 Å². The molecular weight excluding hydrogens is 595 g/mol. The van der Waals surface area contributed by atoms with E-state index in [-0.39, 0.29) is 5.41 Å². The minimum absolute atomic E-state index is 0.268. The zero-order valence-electron chi connectivity index (χ0n) is 27.4. The fourth-order valence-corrected chi connectivity index (χ4v) is 7.97. The number of para-hydroxylation sites is 5. The summed E-state index contributed by atoms with van der Waals surface area (Å²) in [4.78, 5) is 2.37. The van der Waals surface area contributed by atoms with Gasteiger partial charge in [0, 0.05) is 33.0 Å². The molecule has 0 N–H and O–H groups in total. The van der Waals surface area contributed by atoms with Gasteiger partial charge in [0.25, 0.3) is 0 Å². The zero-order chi connectivity index (χ0) is 33.1. The Morgan fingerprint density at radius 2 is 1.10 bits per heavy atom. The SMILES string of the molecule is CC1(C)c2ccccc2N(c2ccccc2)c2ccc(-c3c(C#N)cccc3-c3ccccc3-n3c4ccccc4c4ccccc43)cc21. The molecular formula is C46H33N3. The van der Waals surface area contributed by atoms with Gasteiger partial charge in [-0.25, -0.2) is 0 Å². The molecule has 0 fully saturated rings. The van der Waals surface area contributed by atoms with E-state index in [1.165, 1.54) is 27.6 Å². The molecule has 1 aliphatic rings. The van der Waals surface area contributed by atoms with Crippen molar-refractivity contribution in [2.45, 2.75) is 19.3 Å². The monoisotopic (exact) mass is 627 g/mol. The molecule has 0 saturated heterocycles. The lowest BCUT2D eigenvalue weighted by Crippen LogP contribution is -2.30. The van der Waals surface area contributed by atoms with Crippen LogP contribution in [0.5, 0.6) is 0 Å². The van der Waals surface area contributed by atoms with Crippen molar-refractivity contribution < 1.29 is 0 Å². The number of nitriles is 1. The van der Waals surface area contributed by atoms with Gasteiger partial charge in [-0.2, -0.15) is 5.26 Å². The number of rotatable bonds is 4. The van der Waals surface area contributed by atoms with Crippen LogP contribution in [0.1, 0.15) is 30.5 Å². The summed E-state index contributed by atoms with van der Waals surface area (Å²) in [6.07, 6.45) is 0. The van der Waals surface area contributed by atoms with Crippen molar-refractivity contribution in [3.63, 3.8) is 0 Å². The van der Waals surface area contributed by atoms with Crippen LogP contribution < -0.4 is 4.90 Å². The molecule has 0 amide bonds. The van der Waals surface area contributed by atoms with Crippen molar-refractivity contribution >= 4 is 38.9 Å². The van der Waals surface area contributed by atoms with Gasteiger partial charge in [0.15, 0.2) is 0 Å². The second-order valence-corrected chi connectivity index (χ2v) is 13.3. The highest BCUT2D eigenvalue weighted by molar-refractivity contribution is 6.10. The van der Waals surface area contributed by atoms with Gasteiger partial charge in [-0.05, 0) is 76.9 Å². The molecule has 1 aromatic heterocycles. The molecule has 1 aliphatic heterocycles. The molecule has 7 aromatic carbocycles. The molecule has 0 radical (unpaired) electrons. The van der Waals surface area contributed by atoms with Crippen LogP contribution in [0.25, 0.3) is 49.7 Å². The average molecular weight is 628 g/mol. The molecule has 2 heterocycles. The highest BCUT2D eigenvalue weighted by Gasteiger charge is 2.37. The maximum absolute atomic E-state index is 10.6. The Morgan fingerprint density at radius 3 is 1.84 bits per heavy atom. The maximum Gasteiger partial charge on any atom is 0.0998 e. The van der Waals surface area contributed by atoms with E-state index in [1.807, 2.05) is 12.1 Å². The first-order valence-corrected chi connectivity index (χ1v) is 16.8. The van der Waals surface area contributed by atoms with E-state index in [9.17, 15) is 5.26 Å². The van der Waals surface area contributed by atoms with Crippen LogP contribution in [0.2, 0.25) is 0 Å². The van der Waals surface area contributed by atoms with E-state index in [2.05, 4.69) is 181 Å². The summed E-state index contributed by atoms with van der Waals surface area (Å²) in [7, 11) is 0. The molecule has 0 unspecified atom stereocenters. The molecule has 3 heteroatoms. The van der Waals surface area contributed by atoms with Gasteiger partial charge in [0.2, 0.25) is 0 Å². The van der Waals surface area contributed by atoms with Gasteiger partial charge < -0.3 is 9.47 Å². The van der Waals surface area contributed by atoms with Gasteiger partial charge in [-0.1, -0.05) is 123 Å². The Morgan fingerprint density at radius 1 is 0.510 bits per heavy atom. The predicted molar refractivity (Wildman–Crippen MR) is 203 cm³/mol. The maximum atomic E-state index is 10.6. The van der Waals surface area contributed by atoms with E-state index < -0.39 is 0 Å². The normalized spacial score (nSPS) is 13.2. The predicted octanol–water partition coefficient (Wildman–Crippen LogP) is 12.1. The van der Waals surface area contributed by atoms with Crippen LogP contribution in [0.15, 0.2) is 164 Å². The quantitative estimate of drug-likeness (QED) is 0.194. The van der Waals surface area contributed by atoms with Gasteiger partial charge in [0.1, 0.15) is 0 Å². The molecule has 0 atom stereocenters. The highest BCUT2D eigenvalue weighted by Crippen LogP contribution is 2.53. The van der Waals surface area contributed by atoms with E-state index in [4.69, 9.17) is 0 Å². The van der Waals surface area contributed by atoms with Crippen LogP contribution in [0, 0.1) is 11.3 Å².